The van der Waals surface area contributed by atoms with Crippen molar-refractivity contribution >= 4 is 56.7 Å². The molecule has 6 heteroatoms. The van der Waals surface area contributed by atoms with E-state index in [1.54, 1.807) is 10.6 Å². The van der Waals surface area contributed by atoms with Gasteiger partial charge in [0, 0.05) is 14.8 Å². The monoisotopic (exact) mass is 491 g/mol. The molecule has 1 aromatic heterocycles. The molecule has 0 unspecified atom stereocenters. The summed E-state index contributed by atoms with van der Waals surface area (Å²) >= 11 is 2.18. The van der Waals surface area contributed by atoms with Gasteiger partial charge in [0.15, 0.2) is 0 Å². The molecule has 3 aromatic carbocycles. The lowest BCUT2D eigenvalue weighted by molar-refractivity contribution is -0.110. The summed E-state index contributed by atoms with van der Waals surface area (Å²) < 4.78 is 2.52. The van der Waals surface area contributed by atoms with E-state index in [2.05, 4.69) is 27.9 Å². The van der Waals surface area contributed by atoms with Gasteiger partial charge in [-0.2, -0.15) is 0 Å². The molecule has 0 aliphatic carbocycles. The van der Waals surface area contributed by atoms with Crippen LogP contribution in [-0.2, 0) is 4.79 Å². The van der Waals surface area contributed by atoms with Gasteiger partial charge in [0.25, 0.3) is 11.5 Å². The number of anilines is 1. The van der Waals surface area contributed by atoms with Gasteiger partial charge >= 0.3 is 0 Å². The molecule has 0 spiro atoms. The Morgan fingerprint density at radius 1 is 0.931 bits per heavy atom. The summed E-state index contributed by atoms with van der Waals surface area (Å²) in [5.41, 5.74) is 3.17. The number of benzene rings is 3. The molecular weight excluding hydrogens is 477 g/mol. The highest BCUT2D eigenvalue weighted by Gasteiger charge is 2.24. The third-order valence-corrected chi connectivity index (χ3v) is 5.53. The lowest BCUT2D eigenvalue weighted by Crippen LogP contribution is -2.22. The third-order valence-electron chi connectivity index (χ3n) is 4.85. The largest absolute Gasteiger partial charge is 0.321 e. The topological polar surface area (TPSA) is 64.0 Å². The highest BCUT2D eigenvalue weighted by Crippen LogP contribution is 2.32. The number of amides is 1. The second kappa shape index (κ2) is 6.97. The van der Waals surface area contributed by atoms with E-state index in [4.69, 9.17) is 4.98 Å². The van der Waals surface area contributed by atoms with Crippen LogP contribution >= 0.6 is 22.6 Å². The maximum Gasteiger partial charge on any atom is 0.266 e. The fourth-order valence-corrected chi connectivity index (χ4v) is 4.00. The smallest absolute Gasteiger partial charge is 0.266 e. The van der Waals surface area contributed by atoms with Gasteiger partial charge in [-0.1, -0.05) is 36.4 Å². The first-order valence-electron chi connectivity index (χ1n) is 9.02. The number of hydrogen-bond donors (Lipinski definition) is 1. The Morgan fingerprint density at radius 2 is 1.69 bits per heavy atom. The molecule has 0 atom stereocenters. The first-order valence-corrected chi connectivity index (χ1v) is 10.1. The minimum absolute atomic E-state index is 0.168. The summed E-state index contributed by atoms with van der Waals surface area (Å²) in [6.45, 7) is 0. The van der Waals surface area contributed by atoms with Crippen molar-refractivity contribution in [1.82, 2.24) is 9.55 Å². The van der Waals surface area contributed by atoms with Crippen molar-refractivity contribution in [2.45, 2.75) is 0 Å². The predicted octanol–water partition coefficient (Wildman–Crippen LogP) is 4.48. The molecular formula is C23H14IN3O2. The molecule has 5 rings (SSSR count). The summed E-state index contributed by atoms with van der Waals surface area (Å²) in [7, 11) is 0. The highest BCUT2D eigenvalue weighted by atomic mass is 127. The van der Waals surface area contributed by atoms with Crippen LogP contribution in [0.1, 0.15) is 11.4 Å². The number of rotatable bonds is 2. The Kier molecular flexibility index (Phi) is 4.28. The van der Waals surface area contributed by atoms with E-state index in [1.165, 1.54) is 0 Å². The van der Waals surface area contributed by atoms with Crippen LogP contribution in [-0.4, -0.2) is 15.5 Å². The molecule has 1 N–H and O–H groups in total. The summed E-state index contributed by atoms with van der Waals surface area (Å²) in [6.07, 6.45) is 1.69. The van der Waals surface area contributed by atoms with Gasteiger partial charge < -0.3 is 5.32 Å². The van der Waals surface area contributed by atoms with E-state index in [0.29, 0.717) is 28.0 Å². The maximum absolute atomic E-state index is 13.4. The molecule has 4 aromatic rings. The predicted molar refractivity (Wildman–Crippen MR) is 123 cm³/mol. The quantitative estimate of drug-likeness (QED) is 0.332. The number of carbonyl (C=O) groups excluding carboxylic acids is 1. The summed E-state index contributed by atoms with van der Waals surface area (Å²) in [6, 6.07) is 22.4. The van der Waals surface area contributed by atoms with Crippen LogP contribution < -0.4 is 10.9 Å². The SMILES string of the molecule is O=C1Nc2ccccc2/C1=C\c1nc2ccc(I)cc2c(=O)n1-c1ccccc1. The number of nitrogens with one attached hydrogen (secondary N) is 1. The van der Waals surface area contributed by atoms with Crippen LogP contribution in [0.5, 0.6) is 0 Å². The standard InChI is InChI=1S/C23H14IN3O2/c24-14-10-11-20-18(12-14)23(29)27(15-6-2-1-3-7-15)21(25-20)13-17-16-8-4-5-9-19(16)26-22(17)28/h1-13H,(H,26,28)/b17-13+. The molecule has 0 bridgehead atoms. The molecule has 1 amide bonds. The Hall–Kier alpha value is -3.26. The van der Waals surface area contributed by atoms with Crippen molar-refractivity contribution in [3.63, 3.8) is 0 Å². The first-order chi connectivity index (χ1) is 14.1. The van der Waals surface area contributed by atoms with Gasteiger partial charge in [-0.3, -0.25) is 14.2 Å². The highest BCUT2D eigenvalue weighted by molar-refractivity contribution is 14.1. The van der Waals surface area contributed by atoms with Crippen LogP contribution in [0.25, 0.3) is 28.2 Å². The lowest BCUT2D eigenvalue weighted by atomic mass is 10.1. The van der Waals surface area contributed by atoms with Gasteiger partial charge in [-0.15, -0.1) is 0 Å². The molecule has 1 aliphatic rings. The molecule has 0 saturated carbocycles. The average Bonchev–Trinajstić information content (AvgIpc) is 3.05. The summed E-state index contributed by atoms with van der Waals surface area (Å²) in [5, 5.41) is 3.40. The van der Waals surface area contributed by atoms with Crippen LogP contribution in [0, 0.1) is 3.57 Å². The average molecular weight is 491 g/mol. The zero-order valence-electron chi connectivity index (χ0n) is 15.1. The molecule has 0 fully saturated rings. The Morgan fingerprint density at radius 3 is 2.52 bits per heavy atom. The number of fused-ring (bicyclic) bond motifs is 2. The number of halogens is 1. The summed E-state index contributed by atoms with van der Waals surface area (Å²) in [5.74, 6) is 0.208. The Labute approximate surface area is 179 Å². The van der Waals surface area contributed by atoms with Crippen LogP contribution in [0.15, 0.2) is 77.6 Å². The zero-order valence-corrected chi connectivity index (χ0v) is 17.3. The second-order valence-corrected chi connectivity index (χ2v) is 7.91. The molecule has 0 radical (unpaired) electrons. The van der Waals surface area contributed by atoms with Crippen molar-refractivity contribution in [1.29, 1.82) is 0 Å². The zero-order chi connectivity index (χ0) is 20.0. The molecule has 1 aliphatic heterocycles. The van der Waals surface area contributed by atoms with Crippen LogP contribution in [0.4, 0.5) is 5.69 Å². The van der Waals surface area contributed by atoms with Crippen molar-refractivity contribution in [3.8, 4) is 5.69 Å². The third kappa shape index (κ3) is 3.05. The van der Waals surface area contributed by atoms with Crippen LogP contribution in [0.3, 0.4) is 0 Å². The van der Waals surface area contributed by atoms with Gasteiger partial charge in [-0.25, -0.2) is 4.98 Å². The van der Waals surface area contributed by atoms with E-state index in [1.807, 2.05) is 72.8 Å². The molecule has 5 nitrogen and oxygen atoms in total. The van der Waals surface area contributed by atoms with Crippen molar-refractivity contribution in [3.05, 3.63) is 98.1 Å². The van der Waals surface area contributed by atoms with Crippen molar-refractivity contribution in [2.75, 3.05) is 5.32 Å². The van der Waals surface area contributed by atoms with Crippen molar-refractivity contribution in [2.24, 2.45) is 0 Å². The number of aromatic nitrogens is 2. The van der Waals surface area contributed by atoms with E-state index in [0.717, 1.165) is 14.8 Å². The normalized spacial score (nSPS) is 14.2. The number of para-hydroxylation sites is 2. The molecule has 2 heterocycles. The fourth-order valence-electron chi connectivity index (χ4n) is 3.51. The Bertz CT molecular complexity index is 1370. The molecule has 140 valence electrons. The maximum atomic E-state index is 13.4. The second-order valence-electron chi connectivity index (χ2n) is 6.67. The van der Waals surface area contributed by atoms with E-state index in [-0.39, 0.29) is 11.5 Å². The minimum Gasteiger partial charge on any atom is -0.321 e. The van der Waals surface area contributed by atoms with Gasteiger partial charge in [0.1, 0.15) is 5.82 Å². The number of carbonyl (C=O) groups is 1. The van der Waals surface area contributed by atoms with Gasteiger partial charge in [0.2, 0.25) is 0 Å². The van der Waals surface area contributed by atoms with Crippen LogP contribution in [0.2, 0.25) is 0 Å². The van der Waals surface area contributed by atoms with E-state index < -0.39 is 0 Å². The van der Waals surface area contributed by atoms with Gasteiger partial charge in [0.05, 0.1) is 22.2 Å². The number of nitrogens with zero attached hydrogens (tertiary/aromatic N) is 2. The van der Waals surface area contributed by atoms with E-state index >= 15 is 0 Å². The lowest BCUT2D eigenvalue weighted by Gasteiger charge is -2.12. The summed E-state index contributed by atoms with van der Waals surface area (Å²) in [4.78, 5) is 30.7. The fraction of sp³-hybridized carbons (Fsp3) is 0. The molecule has 0 saturated heterocycles. The Balaban J connectivity index is 1.83. The van der Waals surface area contributed by atoms with Gasteiger partial charge in [-0.05, 0) is 65.1 Å². The minimum atomic E-state index is -0.206. The molecule has 29 heavy (non-hydrogen) atoms. The van der Waals surface area contributed by atoms with Crippen molar-refractivity contribution < 1.29 is 4.79 Å². The number of hydrogen-bond acceptors (Lipinski definition) is 3. The van der Waals surface area contributed by atoms with E-state index in [9.17, 15) is 9.59 Å². The first kappa shape index (κ1) is 17.8.